The Morgan fingerprint density at radius 3 is 1.88 bits per heavy atom. The molecule has 0 radical (unpaired) electrons. The van der Waals surface area contributed by atoms with Crippen LogP contribution in [0.25, 0.3) is 0 Å². The number of benzene rings is 2. The van der Waals surface area contributed by atoms with Gasteiger partial charge in [0.15, 0.2) is 0 Å². The third-order valence-corrected chi connectivity index (χ3v) is 4.39. The fourth-order valence-electron chi connectivity index (χ4n) is 2.87. The molecule has 26 heavy (non-hydrogen) atoms. The number of aliphatic hydroxyl groups excluding tert-OH is 1. The number of hydrogen-bond donors (Lipinski definition) is 3. The maximum absolute atomic E-state index is 12.9. The van der Waals surface area contributed by atoms with E-state index in [9.17, 15) is 9.90 Å². The van der Waals surface area contributed by atoms with Crippen molar-refractivity contribution in [2.75, 3.05) is 6.54 Å². The first kappa shape index (κ1) is 20.1. The largest absolute Gasteiger partial charge is 0.382 e. The second-order valence-corrected chi connectivity index (χ2v) is 6.56. The molecule has 0 fully saturated rings. The Kier molecular flexibility index (Phi) is 8.28. The van der Waals surface area contributed by atoms with Crippen molar-refractivity contribution < 1.29 is 9.90 Å². The van der Waals surface area contributed by atoms with Crippen LogP contribution in [0, 0.1) is 0 Å². The molecule has 2 aromatic rings. The smallest absolute Gasteiger partial charge is 0.253 e. The van der Waals surface area contributed by atoms with Crippen molar-refractivity contribution in [2.45, 2.75) is 44.5 Å². The molecule has 5 N–H and O–H groups in total. The molecule has 0 saturated carbocycles. The van der Waals surface area contributed by atoms with E-state index in [2.05, 4.69) is 0 Å². The molecule has 2 rings (SSSR count). The van der Waals surface area contributed by atoms with E-state index in [0.717, 1.165) is 24.0 Å². The van der Waals surface area contributed by atoms with Gasteiger partial charge in [-0.05, 0) is 30.5 Å². The predicted molar refractivity (Wildman–Crippen MR) is 104 cm³/mol. The number of carbonyl (C=O) groups excluding carboxylic acids is 1. The van der Waals surface area contributed by atoms with Crippen molar-refractivity contribution in [1.29, 1.82) is 0 Å². The SMILES string of the molecule is NCCCCC(N)C(O)C(=O)N(Cc1ccccc1)Cc1ccccc1. The van der Waals surface area contributed by atoms with Crippen LogP contribution in [0.3, 0.4) is 0 Å². The molecule has 140 valence electrons. The number of rotatable bonds is 10. The van der Waals surface area contributed by atoms with E-state index in [-0.39, 0.29) is 5.91 Å². The lowest BCUT2D eigenvalue weighted by Crippen LogP contribution is -2.47. The standard InChI is InChI=1S/C21H29N3O2/c22-14-8-7-13-19(23)20(25)21(26)24(15-17-9-3-1-4-10-17)16-18-11-5-2-6-12-18/h1-6,9-12,19-20,25H,7-8,13-16,22-23H2. The van der Waals surface area contributed by atoms with Crippen LogP contribution in [0.1, 0.15) is 30.4 Å². The number of hydrogen-bond acceptors (Lipinski definition) is 4. The van der Waals surface area contributed by atoms with Gasteiger partial charge < -0.3 is 21.5 Å². The van der Waals surface area contributed by atoms with Crippen LogP contribution in [0.4, 0.5) is 0 Å². The zero-order valence-corrected chi connectivity index (χ0v) is 15.1. The number of nitrogens with two attached hydrogens (primary N) is 2. The van der Waals surface area contributed by atoms with Gasteiger partial charge in [-0.15, -0.1) is 0 Å². The van der Waals surface area contributed by atoms with Gasteiger partial charge in [-0.2, -0.15) is 0 Å². The number of carbonyl (C=O) groups is 1. The molecular formula is C21H29N3O2. The summed E-state index contributed by atoms with van der Waals surface area (Å²) in [7, 11) is 0. The fourth-order valence-corrected chi connectivity index (χ4v) is 2.87. The monoisotopic (exact) mass is 355 g/mol. The number of aliphatic hydroxyl groups is 1. The van der Waals surface area contributed by atoms with Crippen LogP contribution in [0.2, 0.25) is 0 Å². The lowest BCUT2D eigenvalue weighted by Gasteiger charge is -2.28. The van der Waals surface area contributed by atoms with Gasteiger partial charge in [0.05, 0.1) is 0 Å². The highest BCUT2D eigenvalue weighted by Gasteiger charge is 2.27. The molecule has 2 atom stereocenters. The van der Waals surface area contributed by atoms with Gasteiger partial charge in [-0.1, -0.05) is 67.1 Å². The fraction of sp³-hybridized carbons (Fsp3) is 0.381. The molecule has 1 amide bonds. The van der Waals surface area contributed by atoms with E-state index in [1.54, 1.807) is 4.90 Å². The normalized spacial score (nSPS) is 13.2. The maximum Gasteiger partial charge on any atom is 0.253 e. The van der Waals surface area contributed by atoms with Crippen molar-refractivity contribution in [3.63, 3.8) is 0 Å². The Bertz CT molecular complexity index is 607. The van der Waals surface area contributed by atoms with Crippen LogP contribution < -0.4 is 11.5 Å². The molecule has 0 spiro atoms. The highest BCUT2D eigenvalue weighted by Crippen LogP contribution is 2.14. The van der Waals surface area contributed by atoms with Gasteiger partial charge in [0.25, 0.3) is 5.91 Å². The minimum absolute atomic E-state index is 0.335. The zero-order chi connectivity index (χ0) is 18.8. The zero-order valence-electron chi connectivity index (χ0n) is 15.1. The van der Waals surface area contributed by atoms with E-state index in [4.69, 9.17) is 11.5 Å². The summed E-state index contributed by atoms with van der Waals surface area (Å²) in [6.45, 7) is 1.45. The quantitative estimate of drug-likeness (QED) is 0.569. The van der Waals surface area contributed by atoms with Gasteiger partial charge in [0.2, 0.25) is 0 Å². The molecule has 0 aliphatic heterocycles. The summed E-state index contributed by atoms with van der Waals surface area (Å²) in [6, 6.07) is 18.9. The Labute approximate surface area is 155 Å². The van der Waals surface area contributed by atoms with Crippen LogP contribution in [-0.2, 0) is 17.9 Å². The Hall–Kier alpha value is -2.21. The Morgan fingerprint density at radius 1 is 0.923 bits per heavy atom. The van der Waals surface area contributed by atoms with Crippen molar-refractivity contribution in [2.24, 2.45) is 11.5 Å². The second-order valence-electron chi connectivity index (χ2n) is 6.56. The van der Waals surface area contributed by atoms with Gasteiger partial charge in [0, 0.05) is 19.1 Å². The maximum atomic E-state index is 12.9. The first-order valence-corrected chi connectivity index (χ1v) is 9.12. The molecule has 0 heterocycles. The summed E-state index contributed by atoms with van der Waals surface area (Å²) in [5.41, 5.74) is 13.6. The summed E-state index contributed by atoms with van der Waals surface area (Å²) in [6.07, 6.45) is 1.01. The number of nitrogens with zero attached hydrogens (tertiary/aromatic N) is 1. The summed E-state index contributed by atoms with van der Waals surface area (Å²) in [5, 5.41) is 10.5. The van der Waals surface area contributed by atoms with Crippen LogP contribution in [0.5, 0.6) is 0 Å². The summed E-state index contributed by atoms with van der Waals surface area (Å²) in [5.74, 6) is -0.335. The molecule has 0 bridgehead atoms. The average Bonchev–Trinajstić information content (AvgIpc) is 2.68. The third kappa shape index (κ3) is 6.26. The van der Waals surface area contributed by atoms with E-state index in [1.165, 1.54) is 0 Å². The molecular weight excluding hydrogens is 326 g/mol. The van der Waals surface area contributed by atoms with Crippen molar-refractivity contribution in [3.8, 4) is 0 Å². The summed E-state index contributed by atoms with van der Waals surface area (Å²) in [4.78, 5) is 14.6. The Morgan fingerprint density at radius 2 is 1.42 bits per heavy atom. The van der Waals surface area contributed by atoms with Gasteiger partial charge in [-0.25, -0.2) is 0 Å². The van der Waals surface area contributed by atoms with Crippen LogP contribution in [0.15, 0.2) is 60.7 Å². The summed E-state index contributed by atoms with van der Waals surface area (Å²) >= 11 is 0. The molecule has 5 heteroatoms. The summed E-state index contributed by atoms with van der Waals surface area (Å²) < 4.78 is 0. The van der Waals surface area contributed by atoms with E-state index in [1.807, 2.05) is 60.7 Å². The van der Waals surface area contributed by atoms with Crippen molar-refractivity contribution >= 4 is 5.91 Å². The Balaban J connectivity index is 2.09. The molecule has 2 aromatic carbocycles. The predicted octanol–water partition coefficient (Wildman–Crippen LogP) is 2.03. The van der Waals surface area contributed by atoms with Gasteiger partial charge in [-0.3, -0.25) is 4.79 Å². The molecule has 5 nitrogen and oxygen atoms in total. The first-order valence-electron chi connectivity index (χ1n) is 9.12. The third-order valence-electron chi connectivity index (χ3n) is 4.39. The lowest BCUT2D eigenvalue weighted by atomic mass is 10.0. The van der Waals surface area contributed by atoms with E-state index in [0.29, 0.717) is 26.1 Å². The van der Waals surface area contributed by atoms with Crippen LogP contribution >= 0.6 is 0 Å². The molecule has 2 unspecified atom stereocenters. The van der Waals surface area contributed by atoms with Crippen molar-refractivity contribution in [3.05, 3.63) is 71.8 Å². The van der Waals surface area contributed by atoms with Gasteiger partial charge in [0.1, 0.15) is 6.10 Å². The average molecular weight is 355 g/mol. The molecule has 0 aliphatic carbocycles. The highest BCUT2D eigenvalue weighted by atomic mass is 16.3. The number of amides is 1. The lowest BCUT2D eigenvalue weighted by molar-refractivity contribution is -0.142. The van der Waals surface area contributed by atoms with Gasteiger partial charge >= 0.3 is 0 Å². The van der Waals surface area contributed by atoms with Crippen LogP contribution in [-0.4, -0.2) is 34.6 Å². The number of unbranched alkanes of at least 4 members (excludes halogenated alkanes) is 1. The minimum Gasteiger partial charge on any atom is -0.382 e. The molecule has 0 aliphatic rings. The van der Waals surface area contributed by atoms with E-state index < -0.39 is 12.1 Å². The molecule has 0 saturated heterocycles. The second kappa shape index (κ2) is 10.7. The topological polar surface area (TPSA) is 92.6 Å². The van der Waals surface area contributed by atoms with E-state index >= 15 is 0 Å². The highest BCUT2D eigenvalue weighted by molar-refractivity contribution is 5.81. The first-order chi connectivity index (χ1) is 12.6. The minimum atomic E-state index is -1.21. The molecule has 0 aromatic heterocycles. The van der Waals surface area contributed by atoms with Crippen molar-refractivity contribution in [1.82, 2.24) is 4.90 Å².